The van der Waals surface area contributed by atoms with E-state index in [2.05, 4.69) is 26.8 Å². The molecule has 0 aliphatic rings. The zero-order valence-corrected chi connectivity index (χ0v) is 19.2. The Morgan fingerprint density at radius 3 is 2.33 bits per heavy atom. The molecule has 0 radical (unpaired) electrons. The highest BCUT2D eigenvalue weighted by Crippen LogP contribution is 2.35. The zero-order valence-electron chi connectivity index (χ0n) is 19.2. The van der Waals surface area contributed by atoms with Crippen molar-refractivity contribution in [3.05, 3.63) is 51.9 Å². The van der Waals surface area contributed by atoms with E-state index in [-0.39, 0.29) is 18.0 Å². The van der Waals surface area contributed by atoms with Gasteiger partial charge in [-0.05, 0) is 79.5 Å². The minimum atomic E-state index is -0.558. The fraction of sp³-hybridized carbons (Fsp3) is 0.480. The van der Waals surface area contributed by atoms with Crippen molar-refractivity contribution < 1.29 is 18.6 Å². The Balaban J connectivity index is 2.34. The van der Waals surface area contributed by atoms with Crippen molar-refractivity contribution in [3.63, 3.8) is 0 Å². The minimum Gasteiger partial charge on any atom is -0.491 e. The first kappa shape index (κ1) is 23.6. The first-order chi connectivity index (χ1) is 14.2. The van der Waals surface area contributed by atoms with Gasteiger partial charge in [0.2, 0.25) is 5.75 Å². The van der Waals surface area contributed by atoms with E-state index in [1.165, 1.54) is 11.1 Å². The third-order valence-electron chi connectivity index (χ3n) is 4.27. The summed E-state index contributed by atoms with van der Waals surface area (Å²) in [5, 5.41) is 0.678. The molecule has 0 atom stereocenters. The highest BCUT2D eigenvalue weighted by atomic mass is 16.5. The lowest BCUT2D eigenvalue weighted by Gasteiger charge is -2.16. The van der Waals surface area contributed by atoms with Crippen molar-refractivity contribution >= 4 is 11.0 Å². The van der Waals surface area contributed by atoms with Gasteiger partial charge in [-0.15, -0.1) is 0 Å². The lowest BCUT2D eigenvalue weighted by atomic mass is 10.1. The van der Waals surface area contributed by atoms with Crippen LogP contribution < -0.4 is 19.8 Å². The van der Waals surface area contributed by atoms with Gasteiger partial charge >= 0.3 is 5.63 Å². The summed E-state index contributed by atoms with van der Waals surface area (Å²) in [5.41, 5.74) is 2.40. The van der Waals surface area contributed by atoms with Crippen LogP contribution in [-0.2, 0) is 0 Å². The molecule has 1 aromatic heterocycles. The van der Waals surface area contributed by atoms with E-state index >= 15 is 0 Å². The predicted octanol–water partition coefficient (Wildman–Crippen LogP) is 6.44. The Bertz CT molecular complexity index is 959. The van der Waals surface area contributed by atoms with E-state index < -0.39 is 5.63 Å². The lowest BCUT2D eigenvalue weighted by molar-refractivity contribution is 0.216. The van der Waals surface area contributed by atoms with Crippen LogP contribution in [0.25, 0.3) is 11.0 Å². The van der Waals surface area contributed by atoms with Crippen LogP contribution in [0.1, 0.15) is 61.3 Å². The van der Waals surface area contributed by atoms with E-state index in [0.717, 1.165) is 12.8 Å². The predicted molar refractivity (Wildman–Crippen MR) is 122 cm³/mol. The average Bonchev–Trinajstić information content (AvgIpc) is 2.62. The highest BCUT2D eigenvalue weighted by molar-refractivity contribution is 5.86. The lowest BCUT2D eigenvalue weighted by Crippen LogP contribution is -2.15. The number of hydrogen-bond donors (Lipinski definition) is 0. The summed E-state index contributed by atoms with van der Waals surface area (Å²) in [6, 6.07) is 5.39. The molecule has 0 amide bonds. The molecule has 0 fully saturated rings. The minimum absolute atomic E-state index is 0.0212. The van der Waals surface area contributed by atoms with E-state index in [1.54, 1.807) is 6.07 Å². The molecule has 2 rings (SSSR count). The van der Waals surface area contributed by atoms with Crippen LogP contribution in [0, 0.1) is 0 Å². The van der Waals surface area contributed by atoms with Gasteiger partial charge in [-0.1, -0.05) is 17.2 Å². The summed E-state index contributed by atoms with van der Waals surface area (Å²) >= 11 is 0. The second kappa shape index (κ2) is 10.9. The number of benzene rings is 1. The van der Waals surface area contributed by atoms with Crippen molar-refractivity contribution in [1.82, 2.24) is 0 Å². The molecule has 30 heavy (non-hydrogen) atoms. The fourth-order valence-corrected chi connectivity index (χ4v) is 2.92. The molecular weight excluding hydrogens is 380 g/mol. The highest BCUT2D eigenvalue weighted by Gasteiger charge is 2.19. The van der Waals surface area contributed by atoms with Crippen LogP contribution in [0.4, 0.5) is 0 Å². The first-order valence-electron chi connectivity index (χ1n) is 10.5. The Morgan fingerprint density at radius 1 is 1.00 bits per heavy atom. The second-order valence-electron chi connectivity index (χ2n) is 8.22. The molecule has 0 saturated carbocycles. The molecule has 2 aromatic rings. The van der Waals surface area contributed by atoms with Gasteiger partial charge in [0.25, 0.3) is 0 Å². The molecule has 1 heterocycles. The molecule has 0 unspecified atom stereocenters. The van der Waals surface area contributed by atoms with Crippen molar-refractivity contribution in [1.29, 1.82) is 0 Å². The molecule has 0 N–H and O–H groups in total. The van der Waals surface area contributed by atoms with Crippen LogP contribution >= 0.6 is 0 Å². The Kier molecular flexibility index (Phi) is 8.58. The van der Waals surface area contributed by atoms with E-state index in [0.29, 0.717) is 29.1 Å². The van der Waals surface area contributed by atoms with Crippen molar-refractivity contribution in [2.24, 2.45) is 0 Å². The van der Waals surface area contributed by atoms with Crippen LogP contribution in [0.5, 0.6) is 17.2 Å². The summed E-state index contributed by atoms with van der Waals surface area (Å²) < 4.78 is 23.0. The van der Waals surface area contributed by atoms with Gasteiger partial charge in [-0.25, -0.2) is 4.79 Å². The Hall–Kier alpha value is -2.69. The summed E-state index contributed by atoms with van der Waals surface area (Å²) in [7, 11) is 0. The smallest absolute Gasteiger partial charge is 0.383 e. The van der Waals surface area contributed by atoms with Crippen LogP contribution in [0.15, 0.2) is 50.7 Å². The summed E-state index contributed by atoms with van der Waals surface area (Å²) in [4.78, 5) is 12.6. The average molecular weight is 415 g/mol. The van der Waals surface area contributed by atoms with E-state index in [1.807, 2.05) is 45.9 Å². The Morgan fingerprint density at radius 2 is 1.70 bits per heavy atom. The monoisotopic (exact) mass is 414 g/mol. The molecule has 0 bridgehead atoms. The molecule has 1 aromatic carbocycles. The number of rotatable bonds is 10. The molecule has 0 aliphatic carbocycles. The molecule has 0 saturated heterocycles. The van der Waals surface area contributed by atoms with E-state index in [4.69, 9.17) is 18.6 Å². The molecule has 5 heteroatoms. The van der Waals surface area contributed by atoms with Gasteiger partial charge in [0, 0.05) is 6.07 Å². The maximum Gasteiger partial charge on any atom is 0.383 e. The first-order valence-corrected chi connectivity index (χ1v) is 10.5. The van der Waals surface area contributed by atoms with Gasteiger partial charge in [0.05, 0.1) is 17.6 Å². The normalized spacial score (nSPS) is 11.8. The third-order valence-corrected chi connectivity index (χ3v) is 4.27. The summed E-state index contributed by atoms with van der Waals surface area (Å²) in [6.07, 6.45) is 6.07. The number of fused-ring (bicyclic) bond motifs is 1. The Labute approximate surface area is 179 Å². The summed E-state index contributed by atoms with van der Waals surface area (Å²) in [6.45, 7) is 14.2. The van der Waals surface area contributed by atoms with Gasteiger partial charge in [0.15, 0.2) is 5.75 Å². The van der Waals surface area contributed by atoms with Gasteiger partial charge in [0.1, 0.15) is 17.9 Å². The van der Waals surface area contributed by atoms with E-state index in [9.17, 15) is 4.79 Å². The topological polar surface area (TPSA) is 57.9 Å². The SMILES string of the molecule is CC(C)=CCCC(C)=CCOc1c(OC(C)C)c(=O)oc2cc(OC(C)C)ccc12. The van der Waals surface area contributed by atoms with Crippen molar-refractivity contribution in [3.8, 4) is 17.2 Å². The van der Waals surface area contributed by atoms with Crippen molar-refractivity contribution in [2.75, 3.05) is 6.61 Å². The maximum atomic E-state index is 12.6. The van der Waals surface area contributed by atoms with Crippen LogP contribution in [0.3, 0.4) is 0 Å². The maximum absolute atomic E-state index is 12.6. The van der Waals surface area contributed by atoms with Crippen LogP contribution in [-0.4, -0.2) is 18.8 Å². The van der Waals surface area contributed by atoms with Gasteiger partial charge < -0.3 is 18.6 Å². The van der Waals surface area contributed by atoms with Gasteiger partial charge in [-0.2, -0.15) is 0 Å². The standard InChI is InChI=1S/C25H34O5/c1-16(2)9-8-10-19(7)13-14-27-23-21-12-11-20(28-17(3)4)15-22(21)30-25(26)24(23)29-18(5)6/h9,11-13,15,17-18H,8,10,14H2,1-7H3. The van der Waals surface area contributed by atoms with Crippen LogP contribution in [0.2, 0.25) is 0 Å². The third kappa shape index (κ3) is 6.97. The second-order valence-corrected chi connectivity index (χ2v) is 8.22. The van der Waals surface area contributed by atoms with Crippen molar-refractivity contribution in [2.45, 2.75) is 73.5 Å². The number of hydrogen-bond acceptors (Lipinski definition) is 5. The quantitative estimate of drug-likeness (QED) is 0.331. The molecular formula is C25H34O5. The summed E-state index contributed by atoms with van der Waals surface area (Å²) in [5.74, 6) is 1.14. The zero-order chi connectivity index (χ0) is 22.3. The number of ether oxygens (including phenoxy) is 3. The fourth-order valence-electron chi connectivity index (χ4n) is 2.92. The largest absolute Gasteiger partial charge is 0.491 e. The molecule has 164 valence electrons. The molecule has 0 aliphatic heterocycles. The molecule has 0 spiro atoms. The molecule has 5 nitrogen and oxygen atoms in total. The van der Waals surface area contributed by atoms with Gasteiger partial charge in [-0.3, -0.25) is 0 Å². The number of allylic oxidation sites excluding steroid dienone is 3.